The third-order valence-electron chi connectivity index (χ3n) is 8.09. The summed E-state index contributed by atoms with van der Waals surface area (Å²) in [7, 11) is 1.87. The Morgan fingerprint density at radius 3 is 2.24 bits per heavy atom. The van der Waals surface area contributed by atoms with Gasteiger partial charge in [-0.2, -0.15) is 0 Å². The molecule has 1 aromatic heterocycles. The minimum absolute atomic E-state index is 0.0705. The van der Waals surface area contributed by atoms with Crippen molar-refractivity contribution in [1.29, 1.82) is 0 Å². The Bertz CT molecular complexity index is 1570. The summed E-state index contributed by atoms with van der Waals surface area (Å²) < 4.78 is 7.61. The lowest BCUT2D eigenvalue weighted by Crippen LogP contribution is -2.51. The lowest BCUT2D eigenvalue weighted by molar-refractivity contribution is -0.125. The Balaban J connectivity index is 1.46. The molecule has 3 aromatic carbocycles. The Hall–Kier alpha value is -3.78. The van der Waals surface area contributed by atoms with Crippen molar-refractivity contribution in [2.75, 3.05) is 26.3 Å². The van der Waals surface area contributed by atoms with E-state index in [0.717, 1.165) is 27.9 Å². The number of nitrogens with zero attached hydrogens (tertiary/aromatic N) is 2. The lowest BCUT2D eigenvalue weighted by Gasteiger charge is -2.40. The molecule has 1 aliphatic heterocycles. The van der Waals surface area contributed by atoms with Crippen LogP contribution in [0.3, 0.4) is 0 Å². The summed E-state index contributed by atoms with van der Waals surface area (Å²) in [5, 5.41) is 10.2. The summed E-state index contributed by atoms with van der Waals surface area (Å²) in [6, 6.07) is 24.3. The molecular formula is C33H33Cl2N3O4. The predicted octanol–water partition coefficient (Wildman–Crippen LogP) is 6.09. The van der Waals surface area contributed by atoms with Crippen LogP contribution in [0.1, 0.15) is 35.3 Å². The van der Waals surface area contributed by atoms with Crippen LogP contribution in [0.2, 0.25) is 10.0 Å². The molecule has 4 aromatic rings. The van der Waals surface area contributed by atoms with Crippen molar-refractivity contribution in [3.05, 3.63) is 100 Å². The fraction of sp³-hybridized carbons (Fsp3) is 0.273. The number of hydrogen-bond acceptors (Lipinski definition) is 4. The molecule has 9 heteroatoms. The number of hydrogen-bond donors (Lipinski definition) is 2. The number of aromatic nitrogens is 1. The molecule has 2 amide bonds. The first-order valence-corrected chi connectivity index (χ1v) is 14.6. The van der Waals surface area contributed by atoms with E-state index in [-0.39, 0.29) is 12.5 Å². The smallest absolute Gasteiger partial charge is 0.270 e. The van der Waals surface area contributed by atoms with Gasteiger partial charge < -0.3 is 25.0 Å². The number of likely N-dealkylation sites (tertiary alicyclic amines) is 1. The maximum atomic E-state index is 14.0. The molecule has 7 nitrogen and oxygen atoms in total. The second kappa shape index (κ2) is 12.6. The Morgan fingerprint density at radius 1 is 0.952 bits per heavy atom. The van der Waals surface area contributed by atoms with Crippen LogP contribution >= 0.6 is 23.2 Å². The van der Waals surface area contributed by atoms with Crippen LogP contribution in [0, 0.1) is 0 Å². The van der Waals surface area contributed by atoms with Crippen molar-refractivity contribution < 1.29 is 19.4 Å². The topological polar surface area (TPSA) is 97.8 Å². The van der Waals surface area contributed by atoms with Gasteiger partial charge in [-0.15, -0.1) is 0 Å². The van der Waals surface area contributed by atoms with Gasteiger partial charge >= 0.3 is 0 Å². The zero-order valence-corrected chi connectivity index (χ0v) is 24.9. The SMILES string of the molecule is Cn1c(C(=O)N2CCC(C(N)=O)(c3ccc(Cl)cc3)CC2)cc(-c2ccccc2Cl)c1-c1ccc(OCCCO)cc1. The van der Waals surface area contributed by atoms with Gasteiger partial charge in [-0.25, -0.2) is 0 Å². The number of amides is 2. The molecule has 1 aliphatic rings. The molecule has 218 valence electrons. The van der Waals surface area contributed by atoms with Crippen molar-refractivity contribution in [3.8, 4) is 28.1 Å². The van der Waals surface area contributed by atoms with E-state index >= 15 is 0 Å². The highest BCUT2D eigenvalue weighted by molar-refractivity contribution is 6.33. The van der Waals surface area contributed by atoms with E-state index in [4.69, 9.17) is 38.8 Å². The molecule has 0 bridgehead atoms. The Labute approximate surface area is 255 Å². The van der Waals surface area contributed by atoms with Crippen LogP contribution in [0.15, 0.2) is 78.9 Å². The summed E-state index contributed by atoms with van der Waals surface area (Å²) in [6.07, 6.45) is 1.39. The van der Waals surface area contributed by atoms with Gasteiger partial charge in [-0.3, -0.25) is 9.59 Å². The molecule has 0 radical (unpaired) electrons. The largest absolute Gasteiger partial charge is 0.494 e. The van der Waals surface area contributed by atoms with E-state index in [9.17, 15) is 9.59 Å². The van der Waals surface area contributed by atoms with E-state index in [1.807, 2.05) is 78.3 Å². The van der Waals surface area contributed by atoms with Gasteiger partial charge in [0.15, 0.2) is 0 Å². The minimum atomic E-state index is -0.857. The summed E-state index contributed by atoms with van der Waals surface area (Å²) in [6.45, 7) is 1.26. The first-order chi connectivity index (χ1) is 20.2. The van der Waals surface area contributed by atoms with Crippen molar-refractivity contribution in [3.63, 3.8) is 0 Å². The standard InChI is InChI=1S/C33H33Cl2N3O4/c1-37-29(31(40)38-17-15-33(16-18-38,32(36)41)23-9-11-24(34)12-10-23)21-27(26-5-2-3-6-28(26)35)30(37)22-7-13-25(14-8-22)42-20-4-19-39/h2-3,5-14,21,39H,4,15-20H2,1H3,(H2,36,41). The van der Waals surface area contributed by atoms with Crippen molar-refractivity contribution in [1.82, 2.24) is 9.47 Å². The number of aliphatic hydroxyl groups excluding tert-OH is 1. The lowest BCUT2D eigenvalue weighted by atomic mass is 9.72. The number of primary amides is 1. The fourth-order valence-electron chi connectivity index (χ4n) is 5.71. The third kappa shape index (κ3) is 5.77. The molecule has 42 heavy (non-hydrogen) atoms. The van der Waals surface area contributed by atoms with E-state index in [1.54, 1.807) is 17.0 Å². The molecule has 5 rings (SSSR count). The number of piperidine rings is 1. The fourth-order valence-corrected chi connectivity index (χ4v) is 6.07. The molecule has 0 unspecified atom stereocenters. The van der Waals surface area contributed by atoms with E-state index in [0.29, 0.717) is 60.4 Å². The normalized spacial score (nSPS) is 14.5. The highest BCUT2D eigenvalue weighted by atomic mass is 35.5. The number of nitrogens with two attached hydrogens (primary N) is 1. The van der Waals surface area contributed by atoms with Crippen LogP contribution < -0.4 is 10.5 Å². The minimum Gasteiger partial charge on any atom is -0.494 e. The molecule has 1 saturated heterocycles. The Kier molecular flexibility index (Phi) is 8.92. The van der Waals surface area contributed by atoms with Gasteiger partial charge in [-0.1, -0.05) is 53.5 Å². The van der Waals surface area contributed by atoms with E-state index < -0.39 is 11.3 Å². The average Bonchev–Trinajstić information content (AvgIpc) is 3.34. The van der Waals surface area contributed by atoms with Crippen molar-refractivity contribution in [2.45, 2.75) is 24.7 Å². The van der Waals surface area contributed by atoms with Crippen molar-refractivity contribution in [2.24, 2.45) is 12.8 Å². The van der Waals surface area contributed by atoms with Gasteiger partial charge in [0.05, 0.1) is 17.7 Å². The number of carbonyl (C=O) groups is 2. The maximum absolute atomic E-state index is 14.0. The number of halogens is 2. The van der Waals surface area contributed by atoms with Crippen LogP contribution in [0.4, 0.5) is 0 Å². The monoisotopic (exact) mass is 605 g/mol. The summed E-state index contributed by atoms with van der Waals surface area (Å²) in [4.78, 5) is 28.5. The van der Waals surface area contributed by atoms with E-state index in [1.165, 1.54) is 0 Å². The van der Waals surface area contributed by atoms with E-state index in [2.05, 4.69) is 0 Å². The summed E-state index contributed by atoms with van der Waals surface area (Å²) in [5.74, 6) is 0.169. The second-order valence-electron chi connectivity index (χ2n) is 10.5. The number of aliphatic hydroxyl groups is 1. The summed E-state index contributed by atoms with van der Waals surface area (Å²) >= 11 is 12.7. The molecule has 0 aliphatic carbocycles. The maximum Gasteiger partial charge on any atom is 0.270 e. The summed E-state index contributed by atoms with van der Waals surface area (Å²) in [5.41, 5.74) is 9.81. The van der Waals surface area contributed by atoms with Crippen LogP contribution in [0.5, 0.6) is 5.75 Å². The van der Waals surface area contributed by atoms with Gasteiger partial charge in [0, 0.05) is 54.3 Å². The van der Waals surface area contributed by atoms with Crippen molar-refractivity contribution >= 4 is 35.0 Å². The van der Waals surface area contributed by atoms with Crippen LogP contribution in [0.25, 0.3) is 22.4 Å². The zero-order chi connectivity index (χ0) is 29.9. The molecule has 1 fully saturated rings. The second-order valence-corrected chi connectivity index (χ2v) is 11.4. The first kappa shape index (κ1) is 29.7. The number of ether oxygens (including phenoxy) is 1. The molecule has 3 N–H and O–H groups in total. The highest BCUT2D eigenvalue weighted by Crippen LogP contribution is 2.40. The number of benzene rings is 3. The molecular weight excluding hydrogens is 573 g/mol. The molecule has 0 atom stereocenters. The number of carbonyl (C=O) groups excluding carboxylic acids is 2. The van der Waals surface area contributed by atoms with Gasteiger partial charge in [-0.05, 0) is 72.5 Å². The van der Waals surface area contributed by atoms with Crippen LogP contribution in [-0.2, 0) is 17.3 Å². The predicted molar refractivity (Wildman–Crippen MR) is 166 cm³/mol. The van der Waals surface area contributed by atoms with Gasteiger partial charge in [0.2, 0.25) is 5.91 Å². The van der Waals surface area contributed by atoms with Gasteiger partial charge in [0.25, 0.3) is 5.91 Å². The zero-order valence-electron chi connectivity index (χ0n) is 23.4. The Morgan fingerprint density at radius 2 is 1.62 bits per heavy atom. The molecule has 2 heterocycles. The average molecular weight is 607 g/mol. The first-order valence-electron chi connectivity index (χ1n) is 13.9. The highest BCUT2D eigenvalue weighted by Gasteiger charge is 2.43. The number of rotatable bonds is 9. The van der Waals surface area contributed by atoms with Crippen LogP contribution in [-0.4, -0.2) is 52.7 Å². The third-order valence-corrected chi connectivity index (χ3v) is 8.67. The molecule has 0 saturated carbocycles. The van der Waals surface area contributed by atoms with Gasteiger partial charge in [0.1, 0.15) is 11.4 Å². The quantitative estimate of drug-likeness (QED) is 0.226. The molecule has 0 spiro atoms.